The molecular weight excluding hydrogens is 639 g/mol. The first-order valence-electron chi connectivity index (χ1n) is 15.4. The second-order valence-corrected chi connectivity index (χ2v) is 12.4. The van der Waals surface area contributed by atoms with Crippen molar-refractivity contribution in [3.8, 4) is 0 Å². The molecule has 9 aromatic rings. The number of thiazole rings is 1. The first-order chi connectivity index (χ1) is 24.3. The van der Waals surface area contributed by atoms with Gasteiger partial charge in [0, 0.05) is 69.9 Å². The first-order valence-corrected chi connectivity index (χ1v) is 16.3. The fourth-order valence-corrected chi connectivity index (χ4v) is 8.10. The summed E-state index contributed by atoms with van der Waals surface area (Å²) in [5, 5.41) is 16.0. The molecule has 0 spiro atoms. The van der Waals surface area contributed by atoms with Crippen LogP contribution in [0.2, 0.25) is 0 Å². The Hall–Kier alpha value is -6.60. The van der Waals surface area contributed by atoms with Gasteiger partial charge in [0.15, 0.2) is 5.58 Å². The number of hydrogen-bond donors (Lipinski definition) is 3. The second-order valence-electron chi connectivity index (χ2n) is 11.5. The van der Waals surface area contributed by atoms with E-state index < -0.39 is 11.3 Å². The van der Waals surface area contributed by atoms with Gasteiger partial charge in [0.25, 0.3) is 0 Å². The monoisotopic (exact) mass is 661 g/mol. The van der Waals surface area contributed by atoms with Gasteiger partial charge in [-0.3, -0.25) is 5.10 Å². The molecule has 1 aliphatic carbocycles. The molecule has 2 atom stereocenters. The number of nitrogens with one attached hydrogen (secondary N) is 3. The van der Waals surface area contributed by atoms with E-state index in [0.29, 0.717) is 51.1 Å². The van der Waals surface area contributed by atoms with Crippen LogP contribution in [0.15, 0.2) is 129 Å². The molecule has 7 heterocycles. The van der Waals surface area contributed by atoms with Crippen LogP contribution in [0.5, 0.6) is 0 Å². The van der Waals surface area contributed by atoms with Crippen LogP contribution in [0.4, 0.5) is 0 Å². The number of fused-ring (bicyclic) bond motifs is 2. The minimum absolute atomic E-state index is 0.344. The van der Waals surface area contributed by atoms with Crippen LogP contribution in [-0.4, -0.2) is 45.3 Å². The van der Waals surface area contributed by atoms with Crippen molar-refractivity contribution in [1.29, 1.82) is 0 Å². The normalized spacial score (nSPS) is 18.3. The summed E-state index contributed by atoms with van der Waals surface area (Å²) in [4.78, 5) is 27.0. The highest BCUT2D eigenvalue weighted by Gasteiger charge is 2.59. The molecule has 13 heteroatoms. The quantitative estimate of drug-likeness (QED) is 0.157. The Kier molecular flexibility index (Phi) is 6.02. The van der Waals surface area contributed by atoms with E-state index in [1.165, 1.54) is 11.3 Å². The van der Waals surface area contributed by atoms with Crippen molar-refractivity contribution in [3.05, 3.63) is 155 Å². The topological polar surface area (TPSA) is 164 Å². The highest BCUT2D eigenvalue weighted by molar-refractivity contribution is 7.09. The number of oxazole rings is 2. The second kappa shape index (κ2) is 10.7. The smallest absolute Gasteiger partial charge is 0.228 e. The van der Waals surface area contributed by atoms with Crippen LogP contribution < -0.4 is 0 Å². The van der Waals surface area contributed by atoms with Gasteiger partial charge in [-0.05, 0) is 35.7 Å². The van der Waals surface area contributed by atoms with Crippen LogP contribution in [0.1, 0.15) is 45.6 Å². The molecule has 2 aromatic carbocycles. The summed E-state index contributed by atoms with van der Waals surface area (Å²) in [6, 6.07) is 21.8. The average Bonchev–Trinajstić information content (AvgIpc) is 3.99. The standard InChI is InChI=1S/C36H23N9O3S/c1-2-6-21-20(5-1)19-26(42-21)36(35-40-15-18-49-35)30(24-9-11-41-44-24)28(32-37-12-13-38-32)27(23-10-16-47-45-23)29(31(36)34-39-14-17-46-34)33-43-22-7-3-4-8-25(22)48-33/h1-19,30,42H,(H,37,38)(H,41,44). The minimum Gasteiger partial charge on any atom is -0.445 e. The number of imidazole rings is 1. The van der Waals surface area contributed by atoms with Gasteiger partial charge in [-0.1, -0.05) is 35.5 Å². The Morgan fingerprint density at radius 3 is 2.53 bits per heavy atom. The van der Waals surface area contributed by atoms with Crippen molar-refractivity contribution in [2.24, 2.45) is 0 Å². The fourth-order valence-electron chi connectivity index (χ4n) is 7.21. The van der Waals surface area contributed by atoms with Crippen molar-refractivity contribution in [1.82, 2.24) is 45.3 Å². The largest absolute Gasteiger partial charge is 0.445 e. The van der Waals surface area contributed by atoms with Crippen LogP contribution >= 0.6 is 11.3 Å². The molecule has 7 aromatic heterocycles. The molecule has 0 bridgehead atoms. The maximum absolute atomic E-state index is 6.65. The Bertz CT molecular complexity index is 2550. The molecule has 12 nitrogen and oxygen atoms in total. The summed E-state index contributed by atoms with van der Waals surface area (Å²) in [6.07, 6.45) is 11.8. The number of H-pyrrole nitrogens is 3. The average molecular weight is 662 g/mol. The lowest BCUT2D eigenvalue weighted by atomic mass is 9.57. The van der Waals surface area contributed by atoms with Crippen molar-refractivity contribution < 1.29 is 13.4 Å². The molecule has 49 heavy (non-hydrogen) atoms. The lowest BCUT2D eigenvalue weighted by Gasteiger charge is -2.44. The molecule has 0 aliphatic heterocycles. The number of hydrogen-bond acceptors (Lipinski definition) is 10. The van der Waals surface area contributed by atoms with E-state index in [1.54, 1.807) is 37.3 Å². The van der Waals surface area contributed by atoms with E-state index in [0.717, 1.165) is 32.9 Å². The molecule has 2 unspecified atom stereocenters. The molecule has 0 saturated heterocycles. The summed E-state index contributed by atoms with van der Waals surface area (Å²) in [6.45, 7) is 0. The van der Waals surface area contributed by atoms with Gasteiger partial charge in [-0.2, -0.15) is 5.10 Å². The van der Waals surface area contributed by atoms with Crippen LogP contribution in [-0.2, 0) is 5.41 Å². The summed E-state index contributed by atoms with van der Waals surface area (Å²) in [5.41, 5.74) is 6.01. The lowest BCUT2D eigenvalue weighted by Crippen LogP contribution is -2.41. The number of para-hydroxylation sites is 3. The van der Waals surface area contributed by atoms with Crippen molar-refractivity contribution in [3.63, 3.8) is 0 Å². The van der Waals surface area contributed by atoms with E-state index in [1.807, 2.05) is 60.1 Å². The number of aromatic nitrogens is 9. The number of allylic oxidation sites excluding steroid dienone is 4. The van der Waals surface area contributed by atoms with Crippen LogP contribution in [0, 0.1) is 0 Å². The van der Waals surface area contributed by atoms with Crippen molar-refractivity contribution in [2.75, 3.05) is 0 Å². The predicted molar refractivity (Wildman–Crippen MR) is 182 cm³/mol. The van der Waals surface area contributed by atoms with Gasteiger partial charge in [-0.25, -0.2) is 19.9 Å². The fraction of sp³-hybridized carbons (Fsp3) is 0.0556. The van der Waals surface area contributed by atoms with Crippen LogP contribution in [0.3, 0.4) is 0 Å². The predicted octanol–water partition coefficient (Wildman–Crippen LogP) is 7.49. The Morgan fingerprint density at radius 1 is 0.837 bits per heavy atom. The summed E-state index contributed by atoms with van der Waals surface area (Å²) < 4.78 is 18.5. The Morgan fingerprint density at radius 2 is 1.78 bits per heavy atom. The molecule has 1 aliphatic rings. The van der Waals surface area contributed by atoms with E-state index >= 15 is 0 Å². The number of nitrogens with zero attached hydrogens (tertiary/aromatic N) is 6. The van der Waals surface area contributed by atoms with Gasteiger partial charge < -0.3 is 23.3 Å². The van der Waals surface area contributed by atoms with Gasteiger partial charge >= 0.3 is 0 Å². The van der Waals surface area contributed by atoms with E-state index in [4.69, 9.17) is 33.3 Å². The molecule has 3 N–H and O–H groups in total. The molecule has 0 radical (unpaired) electrons. The third kappa shape index (κ3) is 4.02. The molecular formula is C36H23N9O3S. The van der Waals surface area contributed by atoms with E-state index in [2.05, 4.69) is 43.5 Å². The maximum atomic E-state index is 6.65. The van der Waals surface area contributed by atoms with E-state index in [9.17, 15) is 0 Å². The first kappa shape index (κ1) is 27.5. The van der Waals surface area contributed by atoms with Crippen molar-refractivity contribution in [2.45, 2.75) is 11.3 Å². The van der Waals surface area contributed by atoms with Gasteiger partial charge in [0.05, 0.1) is 17.7 Å². The number of rotatable bonds is 7. The zero-order valence-corrected chi connectivity index (χ0v) is 26.2. The van der Waals surface area contributed by atoms with Crippen LogP contribution in [0.25, 0.3) is 44.3 Å². The molecule has 0 saturated carbocycles. The highest BCUT2D eigenvalue weighted by Crippen LogP contribution is 2.65. The van der Waals surface area contributed by atoms with E-state index in [-0.39, 0.29) is 0 Å². The third-order valence-corrected chi connectivity index (χ3v) is 9.95. The zero-order valence-electron chi connectivity index (χ0n) is 25.4. The Balaban J connectivity index is 1.49. The SMILES string of the molecule is c1ccc2[nH]c(C3(c4nccs4)C(c4ncco4)=C(c4nc5ccccc5o4)C(c4ccon4)=C(c4ncc[nH]4)C3c3ccn[nH]3)cc2c1. The molecule has 10 rings (SSSR count). The molecule has 236 valence electrons. The minimum atomic E-state index is -1.16. The maximum Gasteiger partial charge on any atom is 0.228 e. The molecule has 0 fully saturated rings. The van der Waals surface area contributed by atoms with Gasteiger partial charge in [0.2, 0.25) is 11.8 Å². The summed E-state index contributed by atoms with van der Waals surface area (Å²) in [5.74, 6) is 0.739. The number of aromatic amines is 3. The summed E-state index contributed by atoms with van der Waals surface area (Å²) >= 11 is 1.53. The van der Waals surface area contributed by atoms with Crippen molar-refractivity contribution >= 4 is 55.6 Å². The molecule has 0 amide bonds. The van der Waals surface area contributed by atoms with Gasteiger partial charge in [0.1, 0.15) is 40.0 Å². The van der Waals surface area contributed by atoms with Gasteiger partial charge in [-0.15, -0.1) is 11.3 Å². The Labute approximate surface area is 280 Å². The summed E-state index contributed by atoms with van der Waals surface area (Å²) in [7, 11) is 0. The highest BCUT2D eigenvalue weighted by atomic mass is 32.1. The number of benzene rings is 2. The third-order valence-electron chi connectivity index (χ3n) is 9.04. The zero-order chi connectivity index (χ0) is 32.4. The lowest BCUT2D eigenvalue weighted by molar-refractivity contribution is 0.417.